The summed E-state index contributed by atoms with van der Waals surface area (Å²) in [6.45, 7) is 5.19. The summed E-state index contributed by atoms with van der Waals surface area (Å²) in [5, 5.41) is 14.1. The Balaban J connectivity index is 1.61. The quantitative estimate of drug-likeness (QED) is 0.229. The van der Waals surface area contributed by atoms with Crippen LogP contribution in [0.1, 0.15) is 48.4 Å². The zero-order chi connectivity index (χ0) is 29.0. The molecule has 5 rings (SSSR count). The number of carbonyl (C=O) groups is 1. The fraction of sp³-hybridized carbons (Fsp3) is 0.385. The van der Waals surface area contributed by atoms with Crippen molar-refractivity contribution in [2.24, 2.45) is 0 Å². The number of fused-ring (bicyclic) bond motifs is 2. The minimum absolute atomic E-state index is 0.00623. The molecular formula is C26H25F3N6O5. The van der Waals surface area contributed by atoms with E-state index < -0.39 is 52.7 Å². The number of hydrogen-bond donors (Lipinski definition) is 1. The number of ether oxygens (including phenoxy) is 2. The molecule has 2 aromatic heterocycles. The number of carbonyl (C=O) groups excluding carboxylic acids is 1. The number of hydrogen-bond acceptors (Lipinski definition) is 10. The van der Waals surface area contributed by atoms with Crippen molar-refractivity contribution in [3.05, 3.63) is 63.3 Å². The van der Waals surface area contributed by atoms with Crippen LogP contribution in [0.25, 0.3) is 0 Å². The highest BCUT2D eigenvalue weighted by molar-refractivity contribution is 5.96. The van der Waals surface area contributed by atoms with Gasteiger partial charge in [0.25, 0.3) is 0 Å². The highest BCUT2D eigenvalue weighted by Crippen LogP contribution is 2.59. The van der Waals surface area contributed by atoms with E-state index in [1.54, 1.807) is 37.8 Å². The standard InChI is InChI=1S/C26H25F3N6O5/c1-13(2)40-23(36)15-9-30-24(32-17-8-19(35(37)38)16(27)7-20(17)39-4)33-22(15)34-12-25(10-26(28,29)11-25)21-18(34)6-5-14(3)31-21/h5-9,13H,10-12H2,1-4H3,(H,30,32,33). The Morgan fingerprint density at radius 2 is 1.95 bits per heavy atom. The Kier molecular flexibility index (Phi) is 6.51. The number of nitrogens with one attached hydrogen (secondary N) is 1. The second-order valence-electron chi connectivity index (χ2n) is 10.2. The highest BCUT2D eigenvalue weighted by atomic mass is 19.3. The number of benzene rings is 1. The second kappa shape index (κ2) is 9.61. The molecule has 210 valence electrons. The van der Waals surface area contributed by atoms with Crippen LogP contribution < -0.4 is 15.0 Å². The SMILES string of the molecule is COc1cc(F)c([N+](=O)[O-])cc1Nc1ncc(C(=O)OC(C)C)c(N2CC3(CC(F)(F)C3)c3nc(C)ccc32)n1. The summed E-state index contributed by atoms with van der Waals surface area (Å²) in [5.74, 6) is -4.77. The largest absolute Gasteiger partial charge is 0.494 e. The third-order valence-electron chi connectivity index (χ3n) is 6.76. The van der Waals surface area contributed by atoms with Crippen molar-refractivity contribution in [1.29, 1.82) is 0 Å². The molecule has 1 aliphatic carbocycles. The van der Waals surface area contributed by atoms with Crippen LogP contribution in [-0.2, 0) is 10.2 Å². The number of alkyl halides is 2. The number of nitrogens with zero attached hydrogens (tertiary/aromatic N) is 5. The van der Waals surface area contributed by atoms with Crippen LogP contribution in [-0.4, -0.2) is 51.5 Å². The van der Waals surface area contributed by atoms with Crippen LogP contribution >= 0.6 is 0 Å². The second-order valence-corrected chi connectivity index (χ2v) is 10.2. The lowest BCUT2D eigenvalue weighted by molar-refractivity contribution is -0.387. The van der Waals surface area contributed by atoms with Gasteiger partial charge in [0.1, 0.15) is 11.3 Å². The number of aryl methyl sites for hydroxylation is 1. The van der Waals surface area contributed by atoms with Crippen LogP contribution in [0.5, 0.6) is 5.75 Å². The van der Waals surface area contributed by atoms with E-state index in [0.717, 1.165) is 12.1 Å². The van der Waals surface area contributed by atoms with Crippen LogP contribution in [0.4, 0.5) is 42.0 Å². The molecular weight excluding hydrogens is 533 g/mol. The fourth-order valence-electron chi connectivity index (χ4n) is 5.16. The van der Waals surface area contributed by atoms with Gasteiger partial charge >= 0.3 is 11.7 Å². The minimum atomic E-state index is -2.84. The van der Waals surface area contributed by atoms with Crippen LogP contribution in [0.2, 0.25) is 0 Å². The molecule has 1 fully saturated rings. The zero-order valence-electron chi connectivity index (χ0n) is 22.0. The number of anilines is 4. The summed E-state index contributed by atoms with van der Waals surface area (Å²) in [4.78, 5) is 38.3. The van der Waals surface area contributed by atoms with E-state index in [1.807, 2.05) is 0 Å². The van der Waals surface area contributed by atoms with Gasteiger partial charge in [0.2, 0.25) is 17.7 Å². The third-order valence-corrected chi connectivity index (χ3v) is 6.76. The summed E-state index contributed by atoms with van der Waals surface area (Å²) in [6, 6.07) is 5.25. The minimum Gasteiger partial charge on any atom is -0.494 e. The first kappa shape index (κ1) is 27.1. The van der Waals surface area contributed by atoms with Gasteiger partial charge < -0.3 is 19.7 Å². The number of pyridine rings is 1. The van der Waals surface area contributed by atoms with E-state index in [0.29, 0.717) is 17.1 Å². The maximum Gasteiger partial charge on any atom is 0.343 e. The Morgan fingerprint density at radius 1 is 1.23 bits per heavy atom. The molecule has 11 nitrogen and oxygen atoms in total. The number of aromatic nitrogens is 3. The number of halogens is 3. The van der Waals surface area contributed by atoms with E-state index in [-0.39, 0.29) is 35.3 Å². The third kappa shape index (κ3) is 4.73. The lowest BCUT2D eigenvalue weighted by Crippen LogP contribution is -2.52. The number of esters is 1. The maximum absolute atomic E-state index is 14.2. The van der Waals surface area contributed by atoms with Gasteiger partial charge in [-0.2, -0.15) is 9.37 Å². The number of methoxy groups -OCH3 is 1. The van der Waals surface area contributed by atoms with Gasteiger partial charge in [0.15, 0.2) is 5.82 Å². The molecule has 0 atom stereocenters. The lowest BCUT2D eigenvalue weighted by Gasteiger charge is -2.44. The van der Waals surface area contributed by atoms with Crippen LogP contribution in [0, 0.1) is 22.9 Å². The molecule has 1 spiro atoms. The molecule has 0 amide bonds. The van der Waals surface area contributed by atoms with E-state index in [9.17, 15) is 28.1 Å². The normalized spacial score (nSPS) is 16.4. The van der Waals surface area contributed by atoms with Crippen LogP contribution in [0.15, 0.2) is 30.5 Å². The molecule has 1 N–H and O–H groups in total. The van der Waals surface area contributed by atoms with E-state index in [2.05, 4.69) is 20.3 Å². The average molecular weight is 559 g/mol. The van der Waals surface area contributed by atoms with Gasteiger partial charge in [-0.15, -0.1) is 0 Å². The highest BCUT2D eigenvalue weighted by Gasteiger charge is 2.62. The van der Waals surface area contributed by atoms with Crippen molar-refractivity contribution >= 4 is 34.8 Å². The fourth-order valence-corrected chi connectivity index (χ4v) is 5.16. The molecule has 0 bridgehead atoms. The molecule has 0 unspecified atom stereocenters. The van der Waals surface area contributed by atoms with Crippen molar-refractivity contribution in [1.82, 2.24) is 15.0 Å². The van der Waals surface area contributed by atoms with Gasteiger partial charge in [-0.05, 0) is 32.9 Å². The molecule has 2 aliphatic rings. The van der Waals surface area contributed by atoms with Gasteiger partial charge in [-0.3, -0.25) is 15.1 Å². The van der Waals surface area contributed by atoms with Crippen molar-refractivity contribution in [2.75, 3.05) is 23.9 Å². The van der Waals surface area contributed by atoms with Crippen molar-refractivity contribution in [3.63, 3.8) is 0 Å². The predicted molar refractivity (Wildman–Crippen MR) is 137 cm³/mol. The average Bonchev–Trinajstić information content (AvgIpc) is 3.17. The molecule has 14 heteroatoms. The first-order valence-corrected chi connectivity index (χ1v) is 12.3. The molecule has 0 saturated heterocycles. The Bertz CT molecular complexity index is 1520. The van der Waals surface area contributed by atoms with E-state index >= 15 is 0 Å². The molecule has 1 aliphatic heterocycles. The first-order valence-electron chi connectivity index (χ1n) is 12.3. The molecule has 40 heavy (non-hydrogen) atoms. The van der Waals surface area contributed by atoms with E-state index in [1.165, 1.54) is 13.3 Å². The van der Waals surface area contributed by atoms with Gasteiger partial charge in [-0.1, -0.05) is 0 Å². The smallest absolute Gasteiger partial charge is 0.343 e. The molecule has 1 saturated carbocycles. The van der Waals surface area contributed by atoms with Crippen molar-refractivity contribution < 1.29 is 32.4 Å². The van der Waals surface area contributed by atoms with Gasteiger partial charge in [-0.25, -0.2) is 18.6 Å². The van der Waals surface area contributed by atoms with Crippen LogP contribution in [0.3, 0.4) is 0 Å². The first-order chi connectivity index (χ1) is 18.8. The molecule has 0 radical (unpaired) electrons. The summed E-state index contributed by atoms with van der Waals surface area (Å²) >= 11 is 0. The summed E-state index contributed by atoms with van der Waals surface area (Å²) < 4.78 is 53.0. The Hall–Kier alpha value is -4.49. The summed E-state index contributed by atoms with van der Waals surface area (Å²) in [6.07, 6.45) is -0.0629. The zero-order valence-corrected chi connectivity index (χ0v) is 22.0. The van der Waals surface area contributed by atoms with Gasteiger partial charge in [0.05, 0.1) is 35.2 Å². The predicted octanol–water partition coefficient (Wildman–Crippen LogP) is 5.36. The van der Waals surface area contributed by atoms with Crippen molar-refractivity contribution in [3.8, 4) is 5.75 Å². The molecule has 1 aromatic carbocycles. The number of rotatable bonds is 7. The summed E-state index contributed by atoms with van der Waals surface area (Å²) in [5.41, 5.74) is -0.110. The van der Waals surface area contributed by atoms with Gasteiger partial charge in [0, 0.05) is 48.8 Å². The monoisotopic (exact) mass is 558 g/mol. The Labute approximate surface area is 226 Å². The van der Waals surface area contributed by atoms with E-state index in [4.69, 9.17) is 9.47 Å². The topological polar surface area (TPSA) is 133 Å². The molecule has 3 heterocycles. The molecule has 3 aromatic rings. The number of nitro benzene ring substituents is 1. The summed E-state index contributed by atoms with van der Waals surface area (Å²) in [7, 11) is 1.26. The maximum atomic E-state index is 14.2. The Morgan fingerprint density at radius 3 is 2.58 bits per heavy atom. The lowest BCUT2D eigenvalue weighted by atomic mass is 9.65. The van der Waals surface area contributed by atoms with Crippen molar-refractivity contribution in [2.45, 2.75) is 51.1 Å². The number of nitro groups is 1.